The molecule has 2 atom stereocenters. The number of carbonyl (C=O) groups excluding carboxylic acids is 1. The third-order valence-electron chi connectivity index (χ3n) is 4.69. The summed E-state index contributed by atoms with van der Waals surface area (Å²) < 4.78 is 11.1. The van der Waals surface area contributed by atoms with Crippen LogP contribution in [-0.2, 0) is 4.79 Å². The molecule has 2 unspecified atom stereocenters. The summed E-state index contributed by atoms with van der Waals surface area (Å²) in [6, 6.07) is 5.27. The van der Waals surface area contributed by atoms with E-state index >= 15 is 0 Å². The number of ether oxygens (including phenoxy) is 2. The van der Waals surface area contributed by atoms with Crippen molar-refractivity contribution in [2.45, 2.75) is 26.3 Å². The first kappa shape index (κ1) is 16.4. The first-order valence-corrected chi connectivity index (χ1v) is 8.74. The molecule has 8 heteroatoms. The highest BCUT2D eigenvalue weighted by Crippen LogP contribution is 2.37. The van der Waals surface area contributed by atoms with E-state index < -0.39 is 0 Å². The van der Waals surface area contributed by atoms with E-state index in [2.05, 4.69) is 32.8 Å². The number of hydrogen-bond donors (Lipinski definition) is 3. The Morgan fingerprint density at radius 3 is 2.88 bits per heavy atom. The second-order valence-corrected chi connectivity index (χ2v) is 6.43. The van der Waals surface area contributed by atoms with Crippen molar-refractivity contribution >= 4 is 28.9 Å². The quantitative estimate of drug-likeness (QED) is 0.776. The summed E-state index contributed by atoms with van der Waals surface area (Å²) in [7, 11) is 0. The molecular formula is C18H21N5O3. The lowest BCUT2D eigenvalue weighted by molar-refractivity contribution is -0.118. The predicted octanol–water partition coefficient (Wildman–Crippen LogP) is 2.77. The molecule has 2 aliphatic heterocycles. The van der Waals surface area contributed by atoms with E-state index in [0.717, 1.165) is 17.9 Å². The minimum Gasteiger partial charge on any atom is -0.486 e. The fraction of sp³-hybridized carbons (Fsp3) is 0.389. The van der Waals surface area contributed by atoms with Gasteiger partial charge in [-0.25, -0.2) is 9.97 Å². The monoisotopic (exact) mass is 355 g/mol. The second-order valence-electron chi connectivity index (χ2n) is 6.43. The van der Waals surface area contributed by atoms with Gasteiger partial charge in [-0.05, 0) is 18.1 Å². The Morgan fingerprint density at radius 1 is 1.27 bits per heavy atom. The summed E-state index contributed by atoms with van der Waals surface area (Å²) in [6.07, 6.45) is 2.37. The van der Waals surface area contributed by atoms with Gasteiger partial charge >= 0.3 is 0 Å². The highest BCUT2D eigenvalue weighted by atomic mass is 16.6. The van der Waals surface area contributed by atoms with Crippen LogP contribution < -0.4 is 25.4 Å². The van der Waals surface area contributed by atoms with Crippen LogP contribution in [0.25, 0.3) is 0 Å². The number of rotatable bonds is 4. The Morgan fingerprint density at radius 2 is 2.08 bits per heavy atom. The van der Waals surface area contributed by atoms with Crippen molar-refractivity contribution in [2.75, 3.05) is 29.2 Å². The lowest BCUT2D eigenvalue weighted by Crippen LogP contribution is -2.43. The predicted molar refractivity (Wildman–Crippen MR) is 98.2 cm³/mol. The van der Waals surface area contributed by atoms with Crippen molar-refractivity contribution in [3.8, 4) is 11.5 Å². The number of nitrogens with zero attached hydrogens (tertiary/aromatic N) is 2. The van der Waals surface area contributed by atoms with Crippen LogP contribution in [0.5, 0.6) is 11.5 Å². The molecule has 1 aromatic carbocycles. The van der Waals surface area contributed by atoms with Gasteiger partial charge in [-0.1, -0.05) is 20.3 Å². The molecule has 0 saturated heterocycles. The molecule has 4 rings (SSSR count). The summed E-state index contributed by atoms with van der Waals surface area (Å²) in [5, 5.41) is 9.38. The largest absolute Gasteiger partial charge is 0.486 e. The molecule has 26 heavy (non-hydrogen) atoms. The van der Waals surface area contributed by atoms with E-state index in [9.17, 15) is 4.79 Å². The van der Waals surface area contributed by atoms with Gasteiger partial charge in [-0.3, -0.25) is 4.79 Å². The van der Waals surface area contributed by atoms with Crippen molar-refractivity contribution in [2.24, 2.45) is 5.92 Å². The highest BCUT2D eigenvalue weighted by Gasteiger charge is 2.31. The summed E-state index contributed by atoms with van der Waals surface area (Å²) in [4.78, 5) is 21.0. The normalized spacial score (nSPS) is 19.0. The summed E-state index contributed by atoms with van der Waals surface area (Å²) in [5.74, 6) is 2.67. The maximum absolute atomic E-state index is 12.5. The molecule has 0 bridgehead atoms. The molecule has 2 aliphatic rings. The van der Waals surface area contributed by atoms with Crippen LogP contribution in [0.4, 0.5) is 23.0 Å². The van der Waals surface area contributed by atoms with Crippen LogP contribution in [0.2, 0.25) is 0 Å². The molecule has 2 aromatic rings. The fourth-order valence-corrected chi connectivity index (χ4v) is 3.02. The number of anilines is 4. The molecule has 3 heterocycles. The van der Waals surface area contributed by atoms with Crippen LogP contribution in [0.3, 0.4) is 0 Å². The number of amides is 1. The van der Waals surface area contributed by atoms with E-state index in [4.69, 9.17) is 9.47 Å². The third kappa shape index (κ3) is 2.98. The number of carbonyl (C=O) groups is 1. The zero-order valence-corrected chi connectivity index (χ0v) is 14.7. The van der Waals surface area contributed by atoms with Crippen LogP contribution in [-0.4, -0.2) is 35.1 Å². The molecule has 0 fully saturated rings. The molecular weight excluding hydrogens is 334 g/mol. The van der Waals surface area contributed by atoms with E-state index in [1.54, 1.807) is 0 Å². The summed E-state index contributed by atoms with van der Waals surface area (Å²) >= 11 is 0. The lowest BCUT2D eigenvalue weighted by atomic mass is 9.97. The third-order valence-corrected chi connectivity index (χ3v) is 4.69. The Bertz CT molecular complexity index is 842. The number of benzene rings is 1. The molecule has 0 spiro atoms. The number of aromatic nitrogens is 2. The fourth-order valence-electron chi connectivity index (χ4n) is 3.02. The average molecular weight is 355 g/mol. The van der Waals surface area contributed by atoms with Crippen molar-refractivity contribution in [1.29, 1.82) is 0 Å². The first-order chi connectivity index (χ1) is 12.7. The van der Waals surface area contributed by atoms with Crippen molar-refractivity contribution in [1.82, 2.24) is 9.97 Å². The minimum absolute atomic E-state index is 0.0770. The van der Waals surface area contributed by atoms with Crippen LogP contribution in [0, 0.1) is 5.92 Å². The zero-order valence-electron chi connectivity index (χ0n) is 14.7. The molecule has 1 amide bonds. The molecule has 0 saturated carbocycles. The van der Waals surface area contributed by atoms with Crippen molar-refractivity contribution in [3.63, 3.8) is 0 Å². The molecule has 8 nitrogen and oxygen atoms in total. The van der Waals surface area contributed by atoms with Gasteiger partial charge in [0.1, 0.15) is 31.3 Å². The molecule has 136 valence electrons. The van der Waals surface area contributed by atoms with Gasteiger partial charge in [-0.15, -0.1) is 0 Å². The van der Waals surface area contributed by atoms with Crippen LogP contribution in [0.15, 0.2) is 24.5 Å². The van der Waals surface area contributed by atoms with Gasteiger partial charge in [0.25, 0.3) is 0 Å². The van der Waals surface area contributed by atoms with E-state index in [1.165, 1.54) is 6.33 Å². The highest BCUT2D eigenvalue weighted by molar-refractivity contribution is 6.05. The maximum Gasteiger partial charge on any atom is 0.247 e. The lowest BCUT2D eigenvalue weighted by Gasteiger charge is -2.30. The number of fused-ring (bicyclic) bond motifs is 2. The first-order valence-electron chi connectivity index (χ1n) is 8.74. The topological polar surface area (TPSA) is 97.4 Å². The van der Waals surface area contributed by atoms with Gasteiger partial charge < -0.3 is 25.4 Å². The molecule has 0 radical (unpaired) electrons. The Kier molecular flexibility index (Phi) is 4.24. The molecule has 1 aromatic heterocycles. The van der Waals surface area contributed by atoms with Crippen molar-refractivity contribution in [3.05, 3.63) is 24.5 Å². The van der Waals surface area contributed by atoms with Gasteiger partial charge in [-0.2, -0.15) is 0 Å². The van der Waals surface area contributed by atoms with Crippen LogP contribution in [0.1, 0.15) is 20.3 Å². The van der Waals surface area contributed by atoms with Crippen LogP contribution >= 0.6 is 0 Å². The van der Waals surface area contributed by atoms with E-state index in [0.29, 0.717) is 36.3 Å². The number of nitrogens with one attached hydrogen (secondary N) is 3. The van der Waals surface area contributed by atoms with Crippen molar-refractivity contribution < 1.29 is 14.3 Å². The van der Waals surface area contributed by atoms with E-state index in [1.807, 2.05) is 25.1 Å². The van der Waals surface area contributed by atoms with Gasteiger partial charge in [0.2, 0.25) is 5.91 Å². The average Bonchev–Trinajstić information content (AvgIpc) is 2.67. The Balaban J connectivity index is 1.60. The second kappa shape index (κ2) is 6.70. The maximum atomic E-state index is 12.5. The smallest absolute Gasteiger partial charge is 0.247 e. The van der Waals surface area contributed by atoms with E-state index in [-0.39, 0.29) is 17.9 Å². The molecule has 0 aliphatic carbocycles. The van der Waals surface area contributed by atoms with Gasteiger partial charge in [0, 0.05) is 11.8 Å². The summed E-state index contributed by atoms with van der Waals surface area (Å²) in [5.41, 5.74) is 1.33. The Hall–Kier alpha value is -3.03. The van der Waals surface area contributed by atoms with Gasteiger partial charge in [0.05, 0.1) is 0 Å². The SMILES string of the molecule is CCC(C)C1Nc2ncnc(Nc3ccc4c(c3)OCCO4)c2NC1=O. The standard InChI is InChI=1S/C18H21N5O3/c1-3-10(2)14-18(24)23-15-16(19-9-20-17(15)22-14)21-11-4-5-12-13(8-11)26-7-6-25-12/h4-5,8-10,14H,3,6-7H2,1-2H3,(H,23,24)(H2,19,20,21,22). The minimum atomic E-state index is -0.301. The van der Waals surface area contributed by atoms with Gasteiger partial charge in [0.15, 0.2) is 23.1 Å². The Labute approximate surface area is 151 Å². The summed E-state index contributed by atoms with van der Waals surface area (Å²) in [6.45, 7) is 5.17. The zero-order chi connectivity index (χ0) is 18.1. The molecule has 3 N–H and O–H groups in total. The number of hydrogen-bond acceptors (Lipinski definition) is 7.